The zero-order valence-corrected chi connectivity index (χ0v) is 15.6. The summed E-state index contributed by atoms with van der Waals surface area (Å²) in [5.74, 6) is 0.768. The van der Waals surface area contributed by atoms with Crippen molar-refractivity contribution in [3.8, 4) is 0 Å². The molecule has 136 valence electrons. The molecular formula is C18H30ClN3O2. The first-order valence-electron chi connectivity index (χ1n) is 8.61. The molecular weight excluding hydrogens is 326 g/mol. The second-order valence-electron chi connectivity index (χ2n) is 5.35. The summed E-state index contributed by atoms with van der Waals surface area (Å²) < 4.78 is 10.9. The van der Waals surface area contributed by atoms with Crippen LogP contribution in [0.3, 0.4) is 0 Å². The van der Waals surface area contributed by atoms with Gasteiger partial charge in [0.15, 0.2) is 5.96 Å². The van der Waals surface area contributed by atoms with E-state index in [-0.39, 0.29) is 0 Å². The van der Waals surface area contributed by atoms with Crippen LogP contribution < -0.4 is 10.6 Å². The van der Waals surface area contributed by atoms with Gasteiger partial charge in [0.2, 0.25) is 0 Å². The Kier molecular flexibility index (Phi) is 12.2. The highest BCUT2D eigenvalue weighted by Crippen LogP contribution is 2.14. The first kappa shape index (κ1) is 20.7. The van der Waals surface area contributed by atoms with Gasteiger partial charge >= 0.3 is 0 Å². The van der Waals surface area contributed by atoms with Crippen molar-refractivity contribution in [2.24, 2.45) is 4.99 Å². The molecule has 1 aromatic carbocycles. The molecule has 1 aromatic rings. The minimum Gasteiger partial charge on any atom is -0.379 e. The van der Waals surface area contributed by atoms with Gasteiger partial charge in [-0.15, -0.1) is 0 Å². The van der Waals surface area contributed by atoms with E-state index in [1.54, 1.807) is 7.05 Å². The molecule has 0 aromatic heterocycles. The summed E-state index contributed by atoms with van der Waals surface area (Å²) in [4.78, 5) is 4.19. The topological polar surface area (TPSA) is 54.9 Å². The van der Waals surface area contributed by atoms with Gasteiger partial charge in [0.25, 0.3) is 0 Å². The molecule has 0 bridgehead atoms. The highest BCUT2D eigenvalue weighted by Gasteiger charge is 2.00. The number of guanidine groups is 1. The largest absolute Gasteiger partial charge is 0.379 e. The fourth-order valence-corrected chi connectivity index (χ4v) is 2.28. The Morgan fingerprint density at radius 3 is 2.46 bits per heavy atom. The zero-order valence-electron chi connectivity index (χ0n) is 14.8. The van der Waals surface area contributed by atoms with Crippen LogP contribution in [0.1, 0.15) is 25.3 Å². The molecule has 0 fully saturated rings. The molecule has 0 atom stereocenters. The molecule has 24 heavy (non-hydrogen) atoms. The number of nitrogens with one attached hydrogen (secondary N) is 2. The monoisotopic (exact) mass is 355 g/mol. The third-order valence-corrected chi connectivity index (χ3v) is 3.79. The predicted molar refractivity (Wildman–Crippen MR) is 101 cm³/mol. The lowest BCUT2D eigenvalue weighted by Gasteiger charge is -2.12. The van der Waals surface area contributed by atoms with Crippen LogP contribution in [0, 0.1) is 0 Å². The highest BCUT2D eigenvalue weighted by atomic mass is 35.5. The standard InChI is InChI=1S/C18H30ClN3O2/c1-3-4-12-23-14-15-24-13-11-22-18(20-2)21-10-9-16-7-5-6-8-17(16)19/h5-8H,3-4,9-15H2,1-2H3,(H2,20,21,22). The van der Waals surface area contributed by atoms with Crippen LogP contribution in [0.15, 0.2) is 29.3 Å². The van der Waals surface area contributed by atoms with E-state index in [9.17, 15) is 0 Å². The van der Waals surface area contributed by atoms with Gasteiger partial charge in [-0.1, -0.05) is 43.1 Å². The molecule has 2 N–H and O–H groups in total. The molecule has 5 nitrogen and oxygen atoms in total. The number of nitrogens with zero attached hydrogens (tertiary/aromatic N) is 1. The van der Waals surface area contributed by atoms with Crippen molar-refractivity contribution in [2.75, 3.05) is 46.6 Å². The zero-order chi connectivity index (χ0) is 17.5. The average molecular weight is 356 g/mol. The van der Waals surface area contributed by atoms with E-state index in [4.69, 9.17) is 21.1 Å². The number of aliphatic imine (C=N–C) groups is 1. The Bertz CT molecular complexity index is 469. The second kappa shape index (κ2) is 14.1. The van der Waals surface area contributed by atoms with Gasteiger partial charge < -0.3 is 20.1 Å². The van der Waals surface area contributed by atoms with Gasteiger partial charge in [-0.3, -0.25) is 4.99 Å². The van der Waals surface area contributed by atoms with Gasteiger partial charge in [0.05, 0.1) is 19.8 Å². The third kappa shape index (κ3) is 9.75. The van der Waals surface area contributed by atoms with Crippen LogP contribution in [0.25, 0.3) is 0 Å². The van der Waals surface area contributed by atoms with Crippen molar-refractivity contribution in [1.29, 1.82) is 0 Å². The van der Waals surface area contributed by atoms with Crippen LogP contribution in [0.2, 0.25) is 5.02 Å². The summed E-state index contributed by atoms with van der Waals surface area (Å²) in [6, 6.07) is 7.89. The maximum Gasteiger partial charge on any atom is 0.191 e. The molecule has 0 aliphatic carbocycles. The van der Waals surface area contributed by atoms with Crippen molar-refractivity contribution < 1.29 is 9.47 Å². The van der Waals surface area contributed by atoms with Crippen LogP contribution in [-0.2, 0) is 15.9 Å². The lowest BCUT2D eigenvalue weighted by atomic mass is 10.1. The molecule has 0 aliphatic rings. The van der Waals surface area contributed by atoms with Crippen molar-refractivity contribution in [2.45, 2.75) is 26.2 Å². The van der Waals surface area contributed by atoms with E-state index in [0.29, 0.717) is 26.4 Å². The Labute approximate surface area is 150 Å². The fraction of sp³-hybridized carbons (Fsp3) is 0.611. The predicted octanol–water partition coefficient (Wildman–Crippen LogP) is 2.88. The SMILES string of the molecule is CCCCOCCOCCNC(=NC)NCCc1ccccc1Cl. The number of hydrogen-bond acceptors (Lipinski definition) is 3. The molecule has 0 amide bonds. The van der Waals surface area contributed by atoms with Gasteiger partial charge in [0, 0.05) is 31.8 Å². The van der Waals surface area contributed by atoms with Crippen LogP contribution >= 0.6 is 11.6 Å². The van der Waals surface area contributed by atoms with E-state index in [0.717, 1.165) is 49.0 Å². The molecule has 0 spiro atoms. The smallest absolute Gasteiger partial charge is 0.191 e. The molecule has 0 unspecified atom stereocenters. The minimum atomic E-state index is 0.627. The summed E-state index contributed by atoms with van der Waals surface area (Å²) >= 11 is 6.15. The van der Waals surface area contributed by atoms with E-state index in [1.165, 1.54) is 0 Å². The number of unbranched alkanes of at least 4 members (excludes halogenated alkanes) is 1. The van der Waals surface area contributed by atoms with E-state index < -0.39 is 0 Å². The van der Waals surface area contributed by atoms with E-state index in [2.05, 4.69) is 22.5 Å². The summed E-state index contributed by atoms with van der Waals surface area (Å²) in [6.45, 7) is 6.37. The average Bonchev–Trinajstić information content (AvgIpc) is 2.60. The van der Waals surface area contributed by atoms with Gasteiger partial charge in [-0.05, 0) is 24.5 Å². The number of ether oxygens (including phenoxy) is 2. The van der Waals surface area contributed by atoms with Gasteiger partial charge in [0.1, 0.15) is 0 Å². The molecule has 0 radical (unpaired) electrons. The number of halogens is 1. The maximum atomic E-state index is 6.15. The quantitative estimate of drug-likeness (QED) is 0.344. The van der Waals surface area contributed by atoms with Crippen molar-refractivity contribution in [3.63, 3.8) is 0 Å². The summed E-state index contributed by atoms with van der Waals surface area (Å²) in [5.41, 5.74) is 1.13. The van der Waals surface area contributed by atoms with Gasteiger partial charge in [-0.25, -0.2) is 0 Å². The molecule has 6 heteroatoms. The highest BCUT2D eigenvalue weighted by molar-refractivity contribution is 6.31. The number of rotatable bonds is 12. The Hall–Kier alpha value is -1.30. The third-order valence-electron chi connectivity index (χ3n) is 3.42. The van der Waals surface area contributed by atoms with Crippen LogP contribution in [0.5, 0.6) is 0 Å². The lowest BCUT2D eigenvalue weighted by Crippen LogP contribution is -2.39. The number of benzene rings is 1. The van der Waals surface area contributed by atoms with Crippen molar-refractivity contribution >= 4 is 17.6 Å². The number of hydrogen-bond donors (Lipinski definition) is 2. The van der Waals surface area contributed by atoms with Crippen LogP contribution in [-0.4, -0.2) is 52.5 Å². The summed E-state index contributed by atoms with van der Waals surface area (Å²) in [6.07, 6.45) is 3.12. The molecule has 0 saturated heterocycles. The first-order valence-corrected chi connectivity index (χ1v) is 8.99. The van der Waals surface area contributed by atoms with Gasteiger partial charge in [-0.2, -0.15) is 0 Å². The van der Waals surface area contributed by atoms with Crippen molar-refractivity contribution in [1.82, 2.24) is 10.6 Å². The summed E-state index contributed by atoms with van der Waals surface area (Å²) in [7, 11) is 1.76. The minimum absolute atomic E-state index is 0.627. The normalized spacial score (nSPS) is 11.5. The first-order chi connectivity index (χ1) is 11.8. The van der Waals surface area contributed by atoms with E-state index in [1.807, 2.05) is 24.3 Å². The Morgan fingerprint density at radius 1 is 1.04 bits per heavy atom. The fourth-order valence-electron chi connectivity index (χ4n) is 2.05. The Balaban J connectivity index is 2.04. The summed E-state index contributed by atoms with van der Waals surface area (Å²) in [5, 5.41) is 7.29. The molecule has 0 saturated carbocycles. The van der Waals surface area contributed by atoms with E-state index >= 15 is 0 Å². The molecule has 0 heterocycles. The van der Waals surface area contributed by atoms with Crippen molar-refractivity contribution in [3.05, 3.63) is 34.9 Å². The maximum absolute atomic E-state index is 6.15. The molecule has 1 rings (SSSR count). The molecule has 0 aliphatic heterocycles. The lowest BCUT2D eigenvalue weighted by molar-refractivity contribution is 0.0487. The Morgan fingerprint density at radius 2 is 1.75 bits per heavy atom. The van der Waals surface area contributed by atoms with Crippen LogP contribution in [0.4, 0.5) is 0 Å². The second-order valence-corrected chi connectivity index (χ2v) is 5.75.